The molecule has 14 heavy (non-hydrogen) atoms. The van der Waals surface area contributed by atoms with Crippen LogP contribution >= 0.6 is 8.25 Å². The maximum absolute atomic E-state index is 10.4. The first kappa shape index (κ1) is 11.1. The van der Waals surface area contributed by atoms with Gasteiger partial charge in [-0.1, -0.05) is 0 Å². The lowest BCUT2D eigenvalue weighted by molar-refractivity contribution is -0.419. The number of nitro groups is 1. The van der Waals surface area contributed by atoms with Crippen LogP contribution in [-0.4, -0.2) is 15.5 Å². The second-order valence-corrected chi connectivity index (χ2v) is 3.48. The molecule has 0 spiro atoms. The molecule has 1 aliphatic carbocycles. The second kappa shape index (κ2) is 4.02. The van der Waals surface area contributed by atoms with Gasteiger partial charge in [0.25, 0.3) is 5.70 Å². The van der Waals surface area contributed by atoms with E-state index in [0.717, 1.165) is 6.08 Å². The third-order valence-corrected chi connectivity index (χ3v) is 2.21. The van der Waals surface area contributed by atoms with Gasteiger partial charge in [-0.25, -0.2) is 0 Å². The second-order valence-electron chi connectivity index (χ2n) is 2.75. The maximum atomic E-state index is 10.4. The van der Waals surface area contributed by atoms with E-state index in [9.17, 15) is 14.7 Å². The molecule has 0 fully saturated rings. The van der Waals surface area contributed by atoms with Crippen LogP contribution in [0.15, 0.2) is 23.9 Å². The summed E-state index contributed by atoms with van der Waals surface area (Å²) in [4.78, 5) is 18.2. The highest BCUT2D eigenvalue weighted by atomic mass is 31.1. The molecular formula is C6H9N2O5P. The Morgan fingerprint density at radius 3 is 2.79 bits per heavy atom. The van der Waals surface area contributed by atoms with Crippen LogP contribution in [0.1, 0.15) is 6.42 Å². The van der Waals surface area contributed by atoms with E-state index >= 15 is 0 Å². The van der Waals surface area contributed by atoms with Gasteiger partial charge in [0.05, 0.1) is 4.92 Å². The zero-order valence-electron chi connectivity index (χ0n) is 7.04. The molecule has 0 saturated carbocycles. The number of nitrogens with two attached hydrogens (primary N) is 1. The Labute approximate surface area is 80.0 Å². The van der Waals surface area contributed by atoms with Crippen molar-refractivity contribution in [1.29, 1.82) is 0 Å². The monoisotopic (exact) mass is 220 g/mol. The van der Waals surface area contributed by atoms with Gasteiger partial charge in [0.1, 0.15) is 5.72 Å². The summed E-state index contributed by atoms with van der Waals surface area (Å²) in [5.41, 5.74) is 3.99. The highest BCUT2D eigenvalue weighted by molar-refractivity contribution is 7.32. The first-order valence-electron chi connectivity index (χ1n) is 3.67. The average Bonchev–Trinajstić information content (AvgIpc) is 2.02. The molecule has 0 aliphatic heterocycles. The number of hydrogen-bond donors (Lipinski definition) is 2. The molecule has 2 atom stereocenters. The summed E-state index contributed by atoms with van der Waals surface area (Å²) in [7, 11) is -3.15. The summed E-state index contributed by atoms with van der Waals surface area (Å²) in [6.45, 7) is 0. The lowest BCUT2D eigenvalue weighted by atomic mass is 10.0. The molecule has 8 heteroatoms. The molecule has 2 unspecified atom stereocenters. The third kappa shape index (κ3) is 2.74. The van der Waals surface area contributed by atoms with E-state index in [1.807, 2.05) is 0 Å². The van der Waals surface area contributed by atoms with E-state index in [1.54, 1.807) is 0 Å². The van der Waals surface area contributed by atoms with E-state index < -0.39 is 18.9 Å². The molecule has 0 heterocycles. The summed E-state index contributed by atoms with van der Waals surface area (Å²) in [5, 5.41) is 10.3. The van der Waals surface area contributed by atoms with Crippen LogP contribution in [-0.2, 0) is 9.09 Å². The Balaban J connectivity index is 2.72. The van der Waals surface area contributed by atoms with Gasteiger partial charge in [0, 0.05) is 12.5 Å². The first-order chi connectivity index (χ1) is 6.43. The van der Waals surface area contributed by atoms with E-state index in [2.05, 4.69) is 4.52 Å². The summed E-state index contributed by atoms with van der Waals surface area (Å²) in [6.07, 6.45) is 3.58. The molecule has 0 saturated heterocycles. The van der Waals surface area contributed by atoms with Crippen molar-refractivity contribution in [3.8, 4) is 0 Å². The maximum Gasteiger partial charge on any atom is 0.318 e. The molecule has 78 valence electrons. The minimum atomic E-state index is -3.15. The Morgan fingerprint density at radius 2 is 2.43 bits per heavy atom. The fraction of sp³-hybridized carbons (Fsp3) is 0.333. The molecule has 0 aromatic rings. The van der Waals surface area contributed by atoms with Crippen molar-refractivity contribution in [3.63, 3.8) is 0 Å². The Morgan fingerprint density at radius 1 is 1.79 bits per heavy atom. The fourth-order valence-corrected chi connectivity index (χ4v) is 1.48. The molecule has 0 aromatic heterocycles. The van der Waals surface area contributed by atoms with Gasteiger partial charge in [-0.05, 0) is 12.2 Å². The van der Waals surface area contributed by atoms with Crippen molar-refractivity contribution < 1.29 is 18.9 Å². The molecule has 0 radical (unpaired) electrons. The normalized spacial score (nSPS) is 28.3. The van der Waals surface area contributed by atoms with E-state index in [-0.39, 0.29) is 12.1 Å². The molecule has 0 bridgehead atoms. The summed E-state index contributed by atoms with van der Waals surface area (Å²) in [5.74, 6) is 0. The molecule has 1 rings (SSSR count). The zero-order chi connectivity index (χ0) is 10.8. The van der Waals surface area contributed by atoms with Crippen molar-refractivity contribution >= 4 is 8.25 Å². The zero-order valence-corrected chi connectivity index (χ0v) is 8.04. The number of allylic oxidation sites excluding steroid dienone is 1. The lowest BCUT2D eigenvalue weighted by Crippen LogP contribution is -2.39. The lowest BCUT2D eigenvalue weighted by Gasteiger charge is -2.24. The van der Waals surface area contributed by atoms with Gasteiger partial charge in [-0.2, -0.15) is 0 Å². The van der Waals surface area contributed by atoms with Crippen molar-refractivity contribution in [2.45, 2.75) is 12.1 Å². The Bertz CT molecular complexity index is 339. The smallest absolute Gasteiger partial charge is 0.318 e. The van der Waals surface area contributed by atoms with Crippen molar-refractivity contribution in [1.82, 2.24) is 0 Å². The molecule has 7 nitrogen and oxygen atoms in total. The minimum Gasteiger partial charge on any atom is -0.326 e. The first-order valence-corrected chi connectivity index (χ1v) is 4.94. The van der Waals surface area contributed by atoms with Crippen LogP contribution in [0.3, 0.4) is 0 Å². The van der Waals surface area contributed by atoms with E-state index in [0.29, 0.717) is 0 Å². The molecular weight excluding hydrogens is 211 g/mol. The van der Waals surface area contributed by atoms with Crippen LogP contribution in [0.5, 0.6) is 0 Å². The third-order valence-electron chi connectivity index (χ3n) is 1.65. The van der Waals surface area contributed by atoms with Crippen LogP contribution in [0.2, 0.25) is 0 Å². The van der Waals surface area contributed by atoms with Gasteiger partial charge in [0.15, 0.2) is 0 Å². The molecule has 0 amide bonds. The summed E-state index contributed by atoms with van der Waals surface area (Å²) in [6, 6.07) is 0. The van der Waals surface area contributed by atoms with E-state index in [1.165, 1.54) is 12.2 Å². The minimum absolute atomic E-state index is 0.00319. The molecule has 0 aromatic carbocycles. The summed E-state index contributed by atoms with van der Waals surface area (Å²) >= 11 is 0. The van der Waals surface area contributed by atoms with Crippen molar-refractivity contribution in [2.75, 3.05) is 0 Å². The molecule has 1 aliphatic rings. The van der Waals surface area contributed by atoms with Crippen LogP contribution in [0.4, 0.5) is 0 Å². The largest absolute Gasteiger partial charge is 0.326 e. The SMILES string of the molecule is NC1(O[PH](=O)O)C=CC([N+](=O)[O-])=CC1. The molecule has 3 N–H and O–H groups in total. The van der Waals surface area contributed by atoms with Crippen LogP contribution in [0, 0.1) is 10.1 Å². The van der Waals surface area contributed by atoms with Crippen LogP contribution in [0.25, 0.3) is 0 Å². The van der Waals surface area contributed by atoms with Crippen molar-refractivity contribution in [3.05, 3.63) is 34.0 Å². The van der Waals surface area contributed by atoms with Gasteiger partial charge in [0.2, 0.25) is 0 Å². The average molecular weight is 220 g/mol. The number of nitrogens with zero attached hydrogens (tertiary/aromatic N) is 1. The fourth-order valence-electron chi connectivity index (χ4n) is 1.00. The standard InChI is InChI=1S/C6H9N2O5P/c7-6(13-14(11)12)3-1-5(2-4-6)8(9)10/h1-3,14H,4,7H2,(H,11,12). The predicted octanol–water partition coefficient (Wildman–Crippen LogP) is 0.160. The van der Waals surface area contributed by atoms with Gasteiger partial charge in [-0.3, -0.25) is 24.9 Å². The summed E-state index contributed by atoms with van der Waals surface area (Å²) < 4.78 is 14.9. The Kier molecular flexibility index (Phi) is 3.17. The van der Waals surface area contributed by atoms with Gasteiger partial charge >= 0.3 is 8.25 Å². The van der Waals surface area contributed by atoms with Gasteiger partial charge < -0.3 is 4.89 Å². The highest BCUT2D eigenvalue weighted by Crippen LogP contribution is 2.29. The topological polar surface area (TPSA) is 116 Å². The van der Waals surface area contributed by atoms with Gasteiger partial charge in [-0.15, -0.1) is 0 Å². The van der Waals surface area contributed by atoms with E-state index in [4.69, 9.17) is 10.6 Å². The quantitative estimate of drug-likeness (QED) is 0.303. The van der Waals surface area contributed by atoms with Crippen molar-refractivity contribution in [2.24, 2.45) is 5.73 Å². The Hall–Kier alpha value is -1.01. The number of hydrogen-bond acceptors (Lipinski definition) is 5. The predicted molar refractivity (Wildman–Crippen MR) is 48.1 cm³/mol. The highest BCUT2D eigenvalue weighted by Gasteiger charge is 2.28. The number of rotatable bonds is 3. The van der Waals surface area contributed by atoms with Crippen LogP contribution < -0.4 is 5.73 Å².